The predicted molar refractivity (Wildman–Crippen MR) is 136 cm³/mol. The van der Waals surface area contributed by atoms with Crippen LogP contribution in [0.4, 0.5) is 13.9 Å². The van der Waals surface area contributed by atoms with Crippen LogP contribution in [-0.2, 0) is 10.2 Å². The number of thiazole rings is 1. The lowest BCUT2D eigenvalue weighted by Crippen LogP contribution is -2.37. The molecule has 0 bridgehead atoms. The molecule has 1 aliphatic heterocycles. The molecule has 5 rings (SSSR count). The van der Waals surface area contributed by atoms with Gasteiger partial charge in [0, 0.05) is 22.7 Å². The molecule has 1 fully saturated rings. The third-order valence-corrected chi connectivity index (χ3v) is 7.76. The number of nitrogens with zero attached hydrogens (tertiary/aromatic N) is 1. The van der Waals surface area contributed by atoms with E-state index in [0.29, 0.717) is 40.8 Å². The third-order valence-electron chi connectivity index (χ3n) is 6.79. The molecule has 2 aromatic carbocycles. The van der Waals surface area contributed by atoms with E-state index in [9.17, 15) is 18.7 Å². The molecule has 1 aromatic heterocycles. The van der Waals surface area contributed by atoms with E-state index in [4.69, 9.17) is 9.47 Å². The second kappa shape index (κ2) is 10.4. The lowest BCUT2D eigenvalue weighted by molar-refractivity contribution is -0.118. The molecule has 2 atom stereocenters. The minimum atomic E-state index is -0.751. The molecule has 3 N–H and O–H groups in total. The summed E-state index contributed by atoms with van der Waals surface area (Å²) in [5.74, 6) is 0.251. The number of carbonyl (C=O) groups is 1. The summed E-state index contributed by atoms with van der Waals surface area (Å²) in [6, 6.07) is 7.74. The molecule has 1 aliphatic carbocycles. The number of halogens is 2. The number of rotatable bonds is 10. The molecule has 0 saturated heterocycles. The molecule has 196 valence electrons. The van der Waals surface area contributed by atoms with Crippen molar-refractivity contribution in [2.24, 2.45) is 5.92 Å². The summed E-state index contributed by atoms with van der Waals surface area (Å²) >= 11 is 1.19. The molecule has 7 nitrogen and oxygen atoms in total. The van der Waals surface area contributed by atoms with E-state index in [2.05, 4.69) is 15.6 Å². The highest BCUT2D eigenvalue weighted by Crippen LogP contribution is 2.51. The van der Waals surface area contributed by atoms with Crippen molar-refractivity contribution < 1.29 is 28.2 Å². The molecule has 2 aliphatic rings. The van der Waals surface area contributed by atoms with Gasteiger partial charge in [0.1, 0.15) is 11.6 Å². The zero-order chi connectivity index (χ0) is 26.2. The summed E-state index contributed by atoms with van der Waals surface area (Å²) < 4.78 is 39.7. The van der Waals surface area contributed by atoms with Crippen molar-refractivity contribution in [3.05, 3.63) is 70.2 Å². The highest BCUT2D eigenvalue weighted by atomic mass is 32.1. The van der Waals surface area contributed by atoms with Crippen LogP contribution in [0.2, 0.25) is 0 Å². The Morgan fingerprint density at radius 1 is 1.16 bits per heavy atom. The predicted octanol–water partition coefficient (Wildman–Crippen LogP) is 4.91. The Balaban J connectivity index is 1.38. The van der Waals surface area contributed by atoms with Crippen molar-refractivity contribution in [3.8, 4) is 11.5 Å². The van der Waals surface area contributed by atoms with Gasteiger partial charge in [0.05, 0.1) is 18.1 Å². The number of ether oxygens (including phenoxy) is 2. The first kappa shape index (κ1) is 25.6. The molecule has 2 heterocycles. The highest BCUT2D eigenvalue weighted by Gasteiger charge is 2.52. The number of hydrogen-bond acceptors (Lipinski definition) is 7. The molecule has 0 spiro atoms. The molecule has 3 aromatic rings. The van der Waals surface area contributed by atoms with Crippen LogP contribution in [0.3, 0.4) is 0 Å². The Morgan fingerprint density at radius 3 is 2.68 bits per heavy atom. The number of fused-ring (bicyclic) bond motifs is 1. The van der Waals surface area contributed by atoms with E-state index < -0.39 is 23.1 Å². The third kappa shape index (κ3) is 5.32. The Morgan fingerprint density at radius 2 is 1.95 bits per heavy atom. The topological polar surface area (TPSA) is 92.7 Å². The number of nitrogens with one attached hydrogen (secondary N) is 2. The second-order valence-corrected chi connectivity index (χ2v) is 11.0. The van der Waals surface area contributed by atoms with Crippen LogP contribution in [-0.4, -0.2) is 35.4 Å². The number of carbonyl (C=O) groups excluding carboxylic acids is 1. The maximum absolute atomic E-state index is 14.8. The number of hydrogen-bond donors (Lipinski definition) is 3. The second-order valence-electron chi connectivity index (χ2n) is 9.95. The number of aliphatic hydroxyl groups excluding tert-OH is 1. The molecular weight excluding hydrogens is 500 g/mol. The van der Waals surface area contributed by atoms with E-state index in [-0.39, 0.29) is 36.8 Å². The van der Waals surface area contributed by atoms with Gasteiger partial charge in [0.25, 0.3) is 0 Å². The van der Waals surface area contributed by atoms with E-state index in [0.717, 1.165) is 23.8 Å². The van der Waals surface area contributed by atoms with Gasteiger partial charge in [-0.1, -0.05) is 31.3 Å². The van der Waals surface area contributed by atoms with Crippen LogP contribution in [0.1, 0.15) is 55.2 Å². The largest absolute Gasteiger partial charge is 0.454 e. The van der Waals surface area contributed by atoms with Crippen molar-refractivity contribution in [1.82, 2.24) is 10.3 Å². The van der Waals surface area contributed by atoms with Crippen LogP contribution in [0.15, 0.2) is 42.6 Å². The first-order chi connectivity index (χ1) is 17.8. The standard InChI is InChI=1S/C27H29F2N3O4S/c1-15(2)9-18(13-33)31-24(19-11-17(28)4-5-20(19)29)23-12-30-26(37-23)32-25(34)27(7-8-27)16-3-6-21-22(10-16)36-14-35-21/h3-6,10-12,15,18,24,31,33H,7-9,13-14H2,1-2H3,(H,30,32,34)/t18-,24?/m1/s1. The fraction of sp³-hybridized carbons (Fsp3) is 0.407. The monoisotopic (exact) mass is 529 g/mol. The lowest BCUT2D eigenvalue weighted by Gasteiger charge is -2.25. The average Bonchev–Trinajstić information content (AvgIpc) is 3.33. The average molecular weight is 530 g/mol. The normalized spacial score (nSPS) is 17.0. The molecule has 1 unspecified atom stereocenters. The molecule has 10 heteroatoms. The maximum Gasteiger partial charge on any atom is 0.236 e. The van der Waals surface area contributed by atoms with Crippen molar-refractivity contribution >= 4 is 22.4 Å². The molecule has 1 amide bonds. The van der Waals surface area contributed by atoms with Crippen LogP contribution in [0, 0.1) is 17.6 Å². The molecule has 1 saturated carbocycles. The summed E-state index contributed by atoms with van der Waals surface area (Å²) in [5.41, 5.74) is 0.299. The summed E-state index contributed by atoms with van der Waals surface area (Å²) in [4.78, 5) is 18.3. The molecule has 37 heavy (non-hydrogen) atoms. The van der Waals surface area contributed by atoms with Crippen LogP contribution in [0.25, 0.3) is 0 Å². The van der Waals surface area contributed by atoms with Crippen molar-refractivity contribution in [1.29, 1.82) is 0 Å². The lowest BCUT2D eigenvalue weighted by atomic mass is 9.94. The van der Waals surface area contributed by atoms with Gasteiger partial charge in [-0.25, -0.2) is 13.8 Å². The molecule has 0 radical (unpaired) electrons. The zero-order valence-corrected chi connectivity index (χ0v) is 21.4. The highest BCUT2D eigenvalue weighted by molar-refractivity contribution is 7.15. The maximum atomic E-state index is 14.8. The number of amides is 1. The van der Waals surface area contributed by atoms with E-state index in [1.165, 1.54) is 11.3 Å². The van der Waals surface area contributed by atoms with Gasteiger partial charge >= 0.3 is 0 Å². The Bertz CT molecular complexity index is 1290. The molecular formula is C27H29F2N3O4S. The van der Waals surface area contributed by atoms with Crippen molar-refractivity contribution in [2.45, 2.75) is 50.6 Å². The quantitative estimate of drug-likeness (QED) is 0.346. The summed E-state index contributed by atoms with van der Waals surface area (Å²) in [5, 5.41) is 16.5. The Labute approximate surface area is 217 Å². The van der Waals surface area contributed by atoms with Gasteiger partial charge in [0.15, 0.2) is 16.6 Å². The number of benzene rings is 2. The first-order valence-electron chi connectivity index (χ1n) is 12.3. The van der Waals surface area contributed by atoms with Gasteiger partial charge < -0.3 is 25.2 Å². The van der Waals surface area contributed by atoms with Gasteiger partial charge in [-0.15, -0.1) is 0 Å². The minimum Gasteiger partial charge on any atom is -0.454 e. The number of aromatic nitrogens is 1. The van der Waals surface area contributed by atoms with E-state index in [1.807, 2.05) is 32.0 Å². The summed E-state index contributed by atoms with van der Waals surface area (Å²) in [6.07, 6.45) is 3.59. The van der Waals surface area contributed by atoms with Crippen LogP contribution in [0.5, 0.6) is 11.5 Å². The van der Waals surface area contributed by atoms with Crippen LogP contribution < -0.4 is 20.1 Å². The summed E-state index contributed by atoms with van der Waals surface area (Å²) in [7, 11) is 0. The number of aliphatic hydroxyl groups is 1. The Hall–Kier alpha value is -3.08. The Kier molecular flexibility index (Phi) is 7.15. The SMILES string of the molecule is CC(C)C[C@H](CO)NC(c1cnc(NC(=O)C2(c3ccc4c(c3)OCO4)CC2)s1)c1cc(F)ccc1F. The van der Waals surface area contributed by atoms with Crippen molar-refractivity contribution in [2.75, 3.05) is 18.7 Å². The smallest absolute Gasteiger partial charge is 0.236 e. The zero-order valence-electron chi connectivity index (χ0n) is 20.6. The fourth-order valence-corrected chi connectivity index (χ4v) is 5.61. The van der Waals surface area contributed by atoms with Crippen molar-refractivity contribution in [3.63, 3.8) is 0 Å². The fourth-order valence-electron chi connectivity index (χ4n) is 4.72. The van der Waals surface area contributed by atoms with Gasteiger partial charge in [-0.2, -0.15) is 0 Å². The first-order valence-corrected chi connectivity index (χ1v) is 13.1. The minimum absolute atomic E-state index is 0.114. The van der Waals surface area contributed by atoms with Gasteiger partial charge in [0.2, 0.25) is 12.7 Å². The van der Waals surface area contributed by atoms with E-state index in [1.54, 1.807) is 6.20 Å². The summed E-state index contributed by atoms with van der Waals surface area (Å²) in [6.45, 7) is 4.05. The van der Waals surface area contributed by atoms with Crippen LogP contribution >= 0.6 is 11.3 Å². The van der Waals surface area contributed by atoms with Gasteiger partial charge in [-0.05, 0) is 61.1 Å². The van der Waals surface area contributed by atoms with Gasteiger partial charge in [-0.3, -0.25) is 4.79 Å². The van der Waals surface area contributed by atoms with E-state index >= 15 is 0 Å². The number of anilines is 1.